The van der Waals surface area contributed by atoms with Crippen molar-refractivity contribution in [3.63, 3.8) is 0 Å². The number of halogens is 1. The van der Waals surface area contributed by atoms with Crippen LogP contribution in [0, 0.1) is 5.82 Å². The Hall–Kier alpha value is -2.63. The number of carbonyl (C=O) groups is 1. The molecule has 0 aliphatic heterocycles. The first-order chi connectivity index (χ1) is 8.56. The number of amides is 1. The fourth-order valence-corrected chi connectivity index (χ4v) is 1.41. The lowest BCUT2D eigenvalue weighted by Gasteiger charge is -2.09. The van der Waals surface area contributed by atoms with Crippen molar-refractivity contribution in [3.05, 3.63) is 47.9 Å². The smallest absolute Gasteiger partial charge is 0.267 e. The molecule has 0 saturated heterocycles. The molecule has 1 heterocycles. The van der Waals surface area contributed by atoms with E-state index >= 15 is 0 Å². The number of hydrogen-bond donors (Lipinski definition) is 3. The van der Waals surface area contributed by atoms with Crippen LogP contribution >= 0.6 is 0 Å². The number of nitrogens with zero attached hydrogens (tertiary/aromatic N) is 1. The van der Waals surface area contributed by atoms with Crippen molar-refractivity contribution < 1.29 is 9.18 Å². The van der Waals surface area contributed by atoms with E-state index in [1.54, 1.807) is 12.1 Å². The monoisotopic (exact) mass is 246 g/mol. The van der Waals surface area contributed by atoms with Gasteiger partial charge in [0.2, 0.25) is 0 Å². The molecule has 92 valence electrons. The fourth-order valence-electron chi connectivity index (χ4n) is 1.41. The van der Waals surface area contributed by atoms with Crippen LogP contribution in [0.5, 0.6) is 0 Å². The highest BCUT2D eigenvalue weighted by molar-refractivity contribution is 5.92. The van der Waals surface area contributed by atoms with Gasteiger partial charge in [-0.3, -0.25) is 4.79 Å². The summed E-state index contributed by atoms with van der Waals surface area (Å²) in [6.45, 7) is 0. The zero-order valence-electron chi connectivity index (χ0n) is 9.35. The molecule has 0 aliphatic rings. The summed E-state index contributed by atoms with van der Waals surface area (Å²) in [6.07, 6.45) is 0. The Kier molecular flexibility index (Phi) is 3.09. The SMILES string of the molecule is NC(=O)c1ccc(N)c(Nc2cccc(F)c2)n1. The van der Waals surface area contributed by atoms with Crippen molar-refractivity contribution in [1.29, 1.82) is 0 Å². The highest BCUT2D eigenvalue weighted by Gasteiger charge is 2.07. The molecular weight excluding hydrogens is 235 g/mol. The minimum atomic E-state index is -0.655. The Morgan fingerprint density at radius 2 is 2.06 bits per heavy atom. The fraction of sp³-hybridized carbons (Fsp3) is 0. The molecule has 0 spiro atoms. The van der Waals surface area contributed by atoms with Crippen LogP contribution in [0.2, 0.25) is 0 Å². The molecule has 0 saturated carbocycles. The predicted octanol–water partition coefficient (Wildman–Crippen LogP) is 1.65. The van der Waals surface area contributed by atoms with E-state index in [0.29, 0.717) is 11.4 Å². The van der Waals surface area contributed by atoms with Gasteiger partial charge in [-0.1, -0.05) is 6.07 Å². The lowest BCUT2D eigenvalue weighted by atomic mass is 10.2. The molecule has 2 rings (SSSR count). The van der Waals surface area contributed by atoms with Gasteiger partial charge in [0.1, 0.15) is 11.5 Å². The lowest BCUT2D eigenvalue weighted by Crippen LogP contribution is -2.14. The molecule has 6 heteroatoms. The zero-order chi connectivity index (χ0) is 13.1. The van der Waals surface area contributed by atoms with Crippen LogP contribution in [0.3, 0.4) is 0 Å². The maximum atomic E-state index is 13.0. The van der Waals surface area contributed by atoms with E-state index in [2.05, 4.69) is 10.3 Å². The van der Waals surface area contributed by atoms with Crippen molar-refractivity contribution in [3.8, 4) is 0 Å². The molecule has 2 aromatic rings. The molecule has 0 atom stereocenters. The quantitative estimate of drug-likeness (QED) is 0.767. The van der Waals surface area contributed by atoms with E-state index in [1.807, 2.05) is 0 Å². The van der Waals surface area contributed by atoms with Gasteiger partial charge in [-0.25, -0.2) is 9.37 Å². The molecule has 0 radical (unpaired) electrons. The summed E-state index contributed by atoms with van der Waals surface area (Å²) in [7, 11) is 0. The van der Waals surface area contributed by atoms with Gasteiger partial charge in [0.05, 0.1) is 5.69 Å². The summed E-state index contributed by atoms with van der Waals surface area (Å²) in [5.41, 5.74) is 11.7. The Morgan fingerprint density at radius 1 is 1.28 bits per heavy atom. The average molecular weight is 246 g/mol. The normalized spacial score (nSPS) is 10.1. The highest BCUT2D eigenvalue weighted by Crippen LogP contribution is 2.21. The van der Waals surface area contributed by atoms with Gasteiger partial charge in [0.15, 0.2) is 5.82 Å². The van der Waals surface area contributed by atoms with Crippen LogP contribution in [-0.2, 0) is 0 Å². The van der Waals surface area contributed by atoms with Crippen LogP contribution in [0.1, 0.15) is 10.5 Å². The first kappa shape index (κ1) is 11.8. The van der Waals surface area contributed by atoms with Crippen molar-refractivity contribution in [2.24, 2.45) is 5.73 Å². The number of rotatable bonds is 3. The molecule has 5 nitrogen and oxygen atoms in total. The molecule has 1 aromatic carbocycles. The zero-order valence-corrected chi connectivity index (χ0v) is 9.35. The number of hydrogen-bond acceptors (Lipinski definition) is 4. The minimum absolute atomic E-state index is 0.0862. The van der Waals surface area contributed by atoms with Gasteiger partial charge in [0.25, 0.3) is 5.91 Å². The summed E-state index contributed by atoms with van der Waals surface area (Å²) in [5, 5.41) is 2.82. The Balaban J connectivity index is 2.33. The molecule has 0 aliphatic carbocycles. The average Bonchev–Trinajstić information content (AvgIpc) is 2.31. The molecule has 0 bridgehead atoms. The van der Waals surface area contributed by atoms with Crippen molar-refractivity contribution >= 4 is 23.1 Å². The molecule has 0 fully saturated rings. The number of nitrogens with one attached hydrogen (secondary N) is 1. The first-order valence-electron chi connectivity index (χ1n) is 5.15. The second kappa shape index (κ2) is 4.70. The second-order valence-electron chi connectivity index (χ2n) is 3.63. The Labute approximate surface area is 103 Å². The van der Waals surface area contributed by atoms with Crippen molar-refractivity contribution in [1.82, 2.24) is 4.98 Å². The van der Waals surface area contributed by atoms with E-state index in [-0.39, 0.29) is 17.3 Å². The lowest BCUT2D eigenvalue weighted by molar-refractivity contribution is 0.0996. The standard InChI is InChI=1S/C12H11FN4O/c13-7-2-1-3-8(6-7)16-12-9(14)4-5-10(17-12)11(15)18/h1-6H,14H2,(H2,15,18)(H,16,17). The third-order valence-corrected chi connectivity index (χ3v) is 2.27. The molecule has 1 amide bonds. The number of carbonyl (C=O) groups excluding carboxylic acids is 1. The van der Waals surface area contributed by atoms with Gasteiger partial charge in [-0.15, -0.1) is 0 Å². The number of nitrogen functional groups attached to an aromatic ring is 1. The Bertz CT molecular complexity index is 600. The Morgan fingerprint density at radius 3 is 2.72 bits per heavy atom. The van der Waals surface area contributed by atoms with Crippen LogP contribution in [-0.4, -0.2) is 10.9 Å². The van der Waals surface area contributed by atoms with E-state index in [4.69, 9.17) is 11.5 Å². The van der Waals surface area contributed by atoms with E-state index in [1.165, 1.54) is 24.3 Å². The van der Waals surface area contributed by atoms with E-state index in [9.17, 15) is 9.18 Å². The third-order valence-electron chi connectivity index (χ3n) is 2.27. The van der Waals surface area contributed by atoms with E-state index in [0.717, 1.165) is 0 Å². The highest BCUT2D eigenvalue weighted by atomic mass is 19.1. The predicted molar refractivity (Wildman–Crippen MR) is 66.8 cm³/mol. The van der Waals surface area contributed by atoms with Crippen LogP contribution in [0.15, 0.2) is 36.4 Å². The number of aromatic nitrogens is 1. The molecule has 18 heavy (non-hydrogen) atoms. The van der Waals surface area contributed by atoms with Gasteiger partial charge >= 0.3 is 0 Å². The summed E-state index contributed by atoms with van der Waals surface area (Å²) >= 11 is 0. The maximum absolute atomic E-state index is 13.0. The van der Waals surface area contributed by atoms with Crippen LogP contribution in [0.25, 0.3) is 0 Å². The molecule has 1 aromatic heterocycles. The third kappa shape index (κ3) is 2.54. The molecular formula is C12H11FN4O. The van der Waals surface area contributed by atoms with Crippen LogP contribution in [0.4, 0.5) is 21.6 Å². The molecule has 5 N–H and O–H groups in total. The van der Waals surface area contributed by atoms with Crippen molar-refractivity contribution in [2.45, 2.75) is 0 Å². The largest absolute Gasteiger partial charge is 0.396 e. The number of anilines is 3. The number of benzene rings is 1. The summed E-state index contributed by atoms with van der Waals surface area (Å²) in [6, 6.07) is 8.75. The molecule has 0 unspecified atom stereocenters. The number of primary amides is 1. The van der Waals surface area contributed by atoms with Crippen molar-refractivity contribution in [2.75, 3.05) is 11.1 Å². The summed E-state index contributed by atoms with van der Waals surface area (Å²) in [5.74, 6) is -0.779. The van der Waals surface area contributed by atoms with E-state index < -0.39 is 5.91 Å². The summed E-state index contributed by atoms with van der Waals surface area (Å²) in [4.78, 5) is 15.0. The number of nitrogens with two attached hydrogens (primary N) is 2. The van der Waals surface area contributed by atoms with Gasteiger partial charge in [-0.2, -0.15) is 0 Å². The minimum Gasteiger partial charge on any atom is -0.396 e. The van der Waals surface area contributed by atoms with Gasteiger partial charge in [-0.05, 0) is 30.3 Å². The maximum Gasteiger partial charge on any atom is 0.267 e. The van der Waals surface area contributed by atoms with Crippen LogP contribution < -0.4 is 16.8 Å². The van der Waals surface area contributed by atoms with Gasteiger partial charge < -0.3 is 16.8 Å². The second-order valence-corrected chi connectivity index (χ2v) is 3.63. The topological polar surface area (TPSA) is 94.0 Å². The number of pyridine rings is 1. The van der Waals surface area contributed by atoms with Gasteiger partial charge in [0, 0.05) is 5.69 Å². The first-order valence-corrected chi connectivity index (χ1v) is 5.15. The summed E-state index contributed by atoms with van der Waals surface area (Å²) < 4.78 is 13.0.